The number of nitrogens with zero attached hydrogens (tertiary/aromatic N) is 2. The quantitative estimate of drug-likeness (QED) is 0.348. The zero-order valence-corrected chi connectivity index (χ0v) is 19.7. The number of alkyl halides is 3. The van der Waals surface area contributed by atoms with Crippen LogP contribution in [0.4, 0.5) is 13.2 Å². The molecule has 0 N–H and O–H groups in total. The van der Waals surface area contributed by atoms with Crippen molar-refractivity contribution in [2.75, 3.05) is 0 Å². The Labute approximate surface area is 184 Å². The standard InChI is InChI=1S/C24H28BrF3N2/c1-6-23(4,5)13-19-18-12-16(25)9-10-20(18)30(14-24(26,27)28)22(19)17-8-7-11-29-21(17)15(2)3/h7-12,15H,6,13-14H2,1-5H3. The Morgan fingerprint density at radius 1 is 1.13 bits per heavy atom. The third kappa shape index (κ3) is 4.74. The second-order valence-corrected chi connectivity index (χ2v) is 9.89. The van der Waals surface area contributed by atoms with Crippen molar-refractivity contribution in [3.8, 4) is 11.3 Å². The summed E-state index contributed by atoms with van der Waals surface area (Å²) >= 11 is 3.51. The fourth-order valence-electron chi connectivity index (χ4n) is 3.91. The third-order valence-corrected chi connectivity index (χ3v) is 6.21. The van der Waals surface area contributed by atoms with Gasteiger partial charge in [-0.15, -0.1) is 0 Å². The predicted molar refractivity (Wildman–Crippen MR) is 121 cm³/mol. The van der Waals surface area contributed by atoms with E-state index in [0.717, 1.165) is 33.1 Å². The molecule has 0 saturated carbocycles. The van der Waals surface area contributed by atoms with Crippen LogP contribution in [-0.4, -0.2) is 15.7 Å². The van der Waals surface area contributed by atoms with Gasteiger partial charge in [0.1, 0.15) is 6.54 Å². The Morgan fingerprint density at radius 3 is 2.43 bits per heavy atom. The minimum atomic E-state index is -4.33. The first-order valence-electron chi connectivity index (χ1n) is 10.3. The molecule has 3 aromatic rings. The molecule has 2 nitrogen and oxygen atoms in total. The Balaban J connectivity index is 2.44. The zero-order chi connectivity index (χ0) is 22.3. The molecule has 0 aliphatic carbocycles. The van der Waals surface area contributed by atoms with Crippen LogP contribution in [0, 0.1) is 5.41 Å². The maximum atomic E-state index is 13.7. The highest BCUT2D eigenvalue weighted by molar-refractivity contribution is 9.10. The van der Waals surface area contributed by atoms with Gasteiger partial charge in [-0.25, -0.2) is 0 Å². The average molecular weight is 481 g/mol. The van der Waals surface area contributed by atoms with E-state index in [1.165, 1.54) is 4.57 Å². The van der Waals surface area contributed by atoms with Crippen molar-refractivity contribution in [1.82, 2.24) is 9.55 Å². The lowest BCUT2D eigenvalue weighted by atomic mass is 9.81. The van der Waals surface area contributed by atoms with E-state index in [0.29, 0.717) is 17.6 Å². The molecule has 1 aromatic carbocycles. The fourth-order valence-corrected chi connectivity index (χ4v) is 4.27. The smallest absolute Gasteiger partial charge is 0.331 e. The van der Waals surface area contributed by atoms with E-state index in [1.54, 1.807) is 18.3 Å². The van der Waals surface area contributed by atoms with Gasteiger partial charge in [0, 0.05) is 27.1 Å². The molecule has 0 aliphatic rings. The van der Waals surface area contributed by atoms with Gasteiger partial charge in [0.05, 0.1) is 11.4 Å². The van der Waals surface area contributed by atoms with E-state index < -0.39 is 12.7 Å². The topological polar surface area (TPSA) is 17.8 Å². The molecule has 30 heavy (non-hydrogen) atoms. The first-order valence-corrected chi connectivity index (χ1v) is 11.1. The predicted octanol–water partition coefficient (Wildman–Crippen LogP) is 8.13. The lowest BCUT2D eigenvalue weighted by Crippen LogP contribution is -2.19. The Morgan fingerprint density at radius 2 is 1.83 bits per heavy atom. The number of hydrogen-bond acceptors (Lipinski definition) is 1. The first kappa shape index (κ1) is 22.9. The summed E-state index contributed by atoms with van der Waals surface area (Å²) in [6.45, 7) is 9.46. The minimum absolute atomic E-state index is 0.0470. The van der Waals surface area contributed by atoms with Crippen LogP contribution in [0.1, 0.15) is 58.2 Å². The highest BCUT2D eigenvalue weighted by Crippen LogP contribution is 2.42. The molecule has 0 unspecified atom stereocenters. The van der Waals surface area contributed by atoms with Gasteiger partial charge in [0.2, 0.25) is 0 Å². The maximum Gasteiger partial charge on any atom is 0.406 e. The number of rotatable bonds is 6. The second-order valence-electron chi connectivity index (χ2n) is 8.98. The molecule has 3 rings (SSSR count). The molecule has 0 fully saturated rings. The molecule has 0 saturated heterocycles. The van der Waals surface area contributed by atoms with Gasteiger partial charge in [-0.1, -0.05) is 57.0 Å². The minimum Gasteiger partial charge on any atom is -0.331 e. The summed E-state index contributed by atoms with van der Waals surface area (Å²) in [7, 11) is 0. The number of benzene rings is 1. The summed E-state index contributed by atoms with van der Waals surface area (Å²) in [5.41, 5.74) is 3.75. The lowest BCUT2D eigenvalue weighted by molar-refractivity contribution is -0.139. The molecule has 0 bridgehead atoms. The van der Waals surface area contributed by atoms with Crippen molar-refractivity contribution in [1.29, 1.82) is 0 Å². The monoisotopic (exact) mass is 480 g/mol. The van der Waals surface area contributed by atoms with Crippen molar-refractivity contribution in [2.45, 2.75) is 66.1 Å². The van der Waals surface area contributed by atoms with Crippen LogP contribution in [-0.2, 0) is 13.0 Å². The molecule has 0 radical (unpaired) electrons. The van der Waals surface area contributed by atoms with Crippen LogP contribution in [0.5, 0.6) is 0 Å². The highest BCUT2D eigenvalue weighted by Gasteiger charge is 2.33. The normalized spacial score (nSPS) is 12.9. The molecule has 162 valence electrons. The van der Waals surface area contributed by atoms with Gasteiger partial charge >= 0.3 is 6.18 Å². The molecule has 2 aromatic heterocycles. The van der Waals surface area contributed by atoms with E-state index in [1.807, 2.05) is 32.0 Å². The van der Waals surface area contributed by atoms with E-state index in [2.05, 4.69) is 41.7 Å². The number of halogens is 4. The molecular weight excluding hydrogens is 453 g/mol. The number of pyridine rings is 1. The molecule has 0 spiro atoms. The number of hydrogen-bond donors (Lipinski definition) is 0. The van der Waals surface area contributed by atoms with Crippen LogP contribution < -0.4 is 0 Å². The fraction of sp³-hybridized carbons (Fsp3) is 0.458. The molecule has 0 aliphatic heterocycles. The molecular formula is C24H28BrF3N2. The van der Waals surface area contributed by atoms with Crippen LogP contribution in [0.15, 0.2) is 41.0 Å². The summed E-state index contributed by atoms with van der Waals surface area (Å²) < 4.78 is 43.3. The van der Waals surface area contributed by atoms with Crippen molar-refractivity contribution in [3.05, 3.63) is 52.3 Å². The number of aromatic nitrogens is 2. The molecule has 6 heteroatoms. The third-order valence-electron chi connectivity index (χ3n) is 5.72. The van der Waals surface area contributed by atoms with Crippen LogP contribution in [0.3, 0.4) is 0 Å². The van der Waals surface area contributed by atoms with Crippen molar-refractivity contribution < 1.29 is 13.2 Å². The van der Waals surface area contributed by atoms with Gasteiger partial charge in [-0.05, 0) is 53.6 Å². The summed E-state index contributed by atoms with van der Waals surface area (Å²) in [6.07, 6.45) is -1.01. The van der Waals surface area contributed by atoms with Gasteiger partial charge in [-0.3, -0.25) is 4.98 Å². The van der Waals surface area contributed by atoms with Crippen LogP contribution in [0.2, 0.25) is 0 Å². The van der Waals surface area contributed by atoms with Crippen molar-refractivity contribution >= 4 is 26.8 Å². The van der Waals surface area contributed by atoms with Crippen molar-refractivity contribution in [3.63, 3.8) is 0 Å². The van der Waals surface area contributed by atoms with E-state index in [4.69, 9.17) is 0 Å². The first-order chi connectivity index (χ1) is 13.9. The van der Waals surface area contributed by atoms with Crippen LogP contribution >= 0.6 is 15.9 Å². The molecule has 0 amide bonds. The van der Waals surface area contributed by atoms with Gasteiger partial charge in [0.25, 0.3) is 0 Å². The van der Waals surface area contributed by atoms with Gasteiger partial charge < -0.3 is 4.57 Å². The molecule has 2 heterocycles. The zero-order valence-electron chi connectivity index (χ0n) is 18.1. The highest BCUT2D eigenvalue weighted by atomic mass is 79.9. The number of fused-ring (bicyclic) bond motifs is 1. The largest absolute Gasteiger partial charge is 0.406 e. The van der Waals surface area contributed by atoms with E-state index in [-0.39, 0.29) is 11.3 Å². The average Bonchev–Trinajstić information content (AvgIpc) is 2.92. The SMILES string of the molecule is CCC(C)(C)Cc1c(-c2cccnc2C(C)C)n(CC(F)(F)F)c2ccc(Br)cc12. The van der Waals surface area contributed by atoms with Crippen molar-refractivity contribution in [2.24, 2.45) is 5.41 Å². The Kier molecular flexibility index (Phi) is 6.38. The summed E-state index contributed by atoms with van der Waals surface area (Å²) in [5.74, 6) is 0.0947. The van der Waals surface area contributed by atoms with Crippen LogP contribution in [0.25, 0.3) is 22.2 Å². The second kappa shape index (κ2) is 8.37. The molecule has 0 atom stereocenters. The summed E-state index contributed by atoms with van der Waals surface area (Å²) in [5, 5.41) is 0.865. The Bertz CT molecular complexity index is 1050. The summed E-state index contributed by atoms with van der Waals surface area (Å²) in [4.78, 5) is 4.53. The maximum absolute atomic E-state index is 13.7. The van der Waals surface area contributed by atoms with Gasteiger partial charge in [0.15, 0.2) is 0 Å². The van der Waals surface area contributed by atoms with Gasteiger partial charge in [-0.2, -0.15) is 13.2 Å². The van der Waals surface area contributed by atoms with E-state index >= 15 is 0 Å². The Hall–Kier alpha value is -1.82. The summed E-state index contributed by atoms with van der Waals surface area (Å²) in [6, 6.07) is 9.24. The lowest BCUT2D eigenvalue weighted by Gasteiger charge is -2.24. The van der Waals surface area contributed by atoms with E-state index in [9.17, 15) is 13.2 Å².